The molecule has 0 fully saturated rings. The molecule has 0 aliphatic carbocycles. The van der Waals surface area contributed by atoms with Crippen LogP contribution in [-0.2, 0) is 6.54 Å². The van der Waals surface area contributed by atoms with Gasteiger partial charge in [-0.15, -0.1) is 0 Å². The number of nitrogens with two attached hydrogens (primary N) is 1. The number of hydrogen-bond donors (Lipinski definition) is 1. The fourth-order valence-corrected chi connectivity index (χ4v) is 1.58. The fraction of sp³-hybridized carbons (Fsp3) is 0.364. The third-order valence-corrected chi connectivity index (χ3v) is 2.58. The van der Waals surface area contributed by atoms with Gasteiger partial charge in [0.25, 0.3) is 0 Å². The second-order valence-electron chi connectivity index (χ2n) is 3.89. The lowest BCUT2D eigenvalue weighted by atomic mass is 10.3. The molecule has 0 unspecified atom stereocenters. The summed E-state index contributed by atoms with van der Waals surface area (Å²) in [6, 6.07) is 1.76. The molecule has 0 amide bonds. The largest absolute Gasteiger partial charge is 0.384 e. The molecule has 0 saturated heterocycles. The van der Waals surface area contributed by atoms with Gasteiger partial charge in [0.2, 0.25) is 0 Å². The first kappa shape index (κ1) is 10.6. The molecule has 84 valence electrons. The molecular weight excluding hydrogens is 202 g/mol. The van der Waals surface area contributed by atoms with Crippen molar-refractivity contribution in [3.05, 3.63) is 35.3 Å². The average molecular weight is 217 g/mol. The second-order valence-corrected chi connectivity index (χ2v) is 3.89. The summed E-state index contributed by atoms with van der Waals surface area (Å²) in [5.74, 6) is 1.23. The highest BCUT2D eigenvalue weighted by atomic mass is 15.1. The van der Waals surface area contributed by atoms with Gasteiger partial charge in [-0.25, -0.2) is 15.0 Å². The minimum atomic E-state index is 0.511. The summed E-state index contributed by atoms with van der Waals surface area (Å²) in [4.78, 5) is 12.8. The quantitative estimate of drug-likeness (QED) is 0.821. The number of hydrogen-bond acceptors (Lipinski definition) is 4. The molecule has 0 radical (unpaired) electrons. The van der Waals surface area contributed by atoms with Crippen LogP contribution in [0.25, 0.3) is 0 Å². The van der Waals surface area contributed by atoms with Gasteiger partial charge in [-0.1, -0.05) is 0 Å². The molecule has 5 nitrogen and oxygen atoms in total. The summed E-state index contributed by atoms with van der Waals surface area (Å²) >= 11 is 0. The molecule has 0 aliphatic rings. The van der Waals surface area contributed by atoms with Gasteiger partial charge in [-0.2, -0.15) is 0 Å². The van der Waals surface area contributed by atoms with Crippen LogP contribution in [0, 0.1) is 20.8 Å². The first-order valence-electron chi connectivity index (χ1n) is 5.14. The monoisotopic (exact) mass is 217 g/mol. The van der Waals surface area contributed by atoms with Gasteiger partial charge in [0, 0.05) is 17.5 Å². The summed E-state index contributed by atoms with van der Waals surface area (Å²) in [5, 5.41) is 0. The Balaban J connectivity index is 2.30. The van der Waals surface area contributed by atoms with Gasteiger partial charge in [0.1, 0.15) is 5.82 Å². The van der Waals surface area contributed by atoms with Gasteiger partial charge in [-0.05, 0) is 20.8 Å². The lowest BCUT2D eigenvalue weighted by Gasteiger charge is -2.05. The molecule has 5 heteroatoms. The van der Waals surface area contributed by atoms with Crippen molar-refractivity contribution in [2.24, 2.45) is 0 Å². The fourth-order valence-electron chi connectivity index (χ4n) is 1.58. The summed E-state index contributed by atoms with van der Waals surface area (Å²) in [7, 11) is 0. The van der Waals surface area contributed by atoms with E-state index in [-0.39, 0.29) is 0 Å². The number of anilines is 1. The van der Waals surface area contributed by atoms with Crippen LogP contribution in [0.2, 0.25) is 0 Å². The third-order valence-electron chi connectivity index (χ3n) is 2.58. The van der Waals surface area contributed by atoms with E-state index in [4.69, 9.17) is 5.73 Å². The van der Waals surface area contributed by atoms with E-state index in [0.29, 0.717) is 12.4 Å². The first-order valence-corrected chi connectivity index (χ1v) is 5.14. The van der Waals surface area contributed by atoms with Crippen molar-refractivity contribution in [1.29, 1.82) is 0 Å². The predicted molar refractivity (Wildman–Crippen MR) is 62.0 cm³/mol. The highest BCUT2D eigenvalue weighted by Crippen LogP contribution is 2.08. The van der Waals surface area contributed by atoms with E-state index in [1.807, 2.05) is 25.3 Å². The Morgan fingerprint density at radius 2 is 2.00 bits per heavy atom. The molecule has 0 atom stereocenters. The molecule has 2 rings (SSSR count). The van der Waals surface area contributed by atoms with Gasteiger partial charge in [-0.3, -0.25) is 0 Å². The van der Waals surface area contributed by atoms with Gasteiger partial charge < -0.3 is 10.3 Å². The molecule has 0 aliphatic heterocycles. The van der Waals surface area contributed by atoms with E-state index in [1.165, 1.54) is 0 Å². The summed E-state index contributed by atoms with van der Waals surface area (Å²) in [6.45, 7) is 6.53. The van der Waals surface area contributed by atoms with Crippen molar-refractivity contribution in [2.75, 3.05) is 5.73 Å². The van der Waals surface area contributed by atoms with Crippen LogP contribution >= 0.6 is 0 Å². The molecule has 2 aromatic heterocycles. The molecule has 0 saturated carbocycles. The Hall–Kier alpha value is -1.91. The smallest absolute Gasteiger partial charge is 0.150 e. The molecule has 2 aromatic rings. The van der Waals surface area contributed by atoms with Crippen LogP contribution in [0.1, 0.15) is 22.9 Å². The molecule has 0 spiro atoms. The van der Waals surface area contributed by atoms with Crippen molar-refractivity contribution in [3.8, 4) is 0 Å². The normalized spacial score (nSPS) is 10.7. The zero-order valence-corrected chi connectivity index (χ0v) is 9.73. The van der Waals surface area contributed by atoms with E-state index in [9.17, 15) is 0 Å². The first-order chi connectivity index (χ1) is 7.56. The van der Waals surface area contributed by atoms with Crippen molar-refractivity contribution in [2.45, 2.75) is 27.3 Å². The Labute approximate surface area is 94.4 Å². The summed E-state index contributed by atoms with van der Waals surface area (Å²) in [5.41, 5.74) is 8.72. The van der Waals surface area contributed by atoms with Crippen LogP contribution in [0.15, 0.2) is 12.4 Å². The maximum absolute atomic E-state index is 5.68. The lowest BCUT2D eigenvalue weighted by Crippen LogP contribution is -2.07. The topological polar surface area (TPSA) is 69.6 Å². The number of imidazole rings is 1. The van der Waals surface area contributed by atoms with Crippen LogP contribution < -0.4 is 5.73 Å². The summed E-state index contributed by atoms with van der Waals surface area (Å²) in [6.07, 6.45) is 1.80. The second kappa shape index (κ2) is 3.92. The van der Waals surface area contributed by atoms with Crippen molar-refractivity contribution in [1.82, 2.24) is 19.5 Å². The highest BCUT2D eigenvalue weighted by Gasteiger charge is 2.05. The Kier molecular flexibility index (Phi) is 2.60. The van der Waals surface area contributed by atoms with E-state index in [1.54, 1.807) is 12.4 Å². The predicted octanol–water partition coefficient (Wildman–Crippen LogP) is 1.23. The van der Waals surface area contributed by atoms with Gasteiger partial charge in [0.05, 0.1) is 18.6 Å². The molecular formula is C11H15N5. The van der Waals surface area contributed by atoms with Crippen LogP contribution in [0.3, 0.4) is 0 Å². The average Bonchev–Trinajstić information content (AvgIpc) is 2.48. The summed E-state index contributed by atoms with van der Waals surface area (Å²) < 4.78 is 2.02. The third kappa shape index (κ3) is 2.03. The zero-order chi connectivity index (χ0) is 11.7. The van der Waals surface area contributed by atoms with Crippen LogP contribution in [0.4, 0.5) is 5.82 Å². The van der Waals surface area contributed by atoms with Gasteiger partial charge in [0.15, 0.2) is 5.82 Å². The minimum Gasteiger partial charge on any atom is -0.384 e. The van der Waals surface area contributed by atoms with Crippen LogP contribution in [0.5, 0.6) is 0 Å². The Morgan fingerprint density at radius 1 is 1.25 bits per heavy atom. The molecule has 2 N–H and O–H groups in total. The maximum atomic E-state index is 5.68. The molecule has 0 aromatic carbocycles. The Bertz CT molecular complexity index is 495. The minimum absolute atomic E-state index is 0.511. The SMILES string of the molecule is Cc1cc(N)nc(Cn2cnc(C)c2C)n1. The molecule has 0 bridgehead atoms. The van der Waals surface area contributed by atoms with E-state index >= 15 is 0 Å². The number of rotatable bonds is 2. The van der Waals surface area contributed by atoms with E-state index < -0.39 is 0 Å². The number of nitrogens with zero attached hydrogens (tertiary/aromatic N) is 4. The van der Waals surface area contributed by atoms with Crippen molar-refractivity contribution in [3.63, 3.8) is 0 Å². The standard InChI is InChI=1S/C11H15N5/c1-7-4-10(12)15-11(14-7)5-16-6-13-8(2)9(16)3/h4,6H,5H2,1-3H3,(H2,12,14,15). The highest BCUT2D eigenvalue weighted by molar-refractivity contribution is 5.29. The van der Waals surface area contributed by atoms with Crippen molar-refractivity contribution < 1.29 is 0 Å². The maximum Gasteiger partial charge on any atom is 0.150 e. The van der Waals surface area contributed by atoms with Gasteiger partial charge >= 0.3 is 0 Å². The number of aromatic nitrogens is 4. The molecule has 16 heavy (non-hydrogen) atoms. The lowest BCUT2D eigenvalue weighted by molar-refractivity contribution is 0.719. The Morgan fingerprint density at radius 3 is 2.56 bits per heavy atom. The number of aryl methyl sites for hydroxylation is 2. The zero-order valence-electron chi connectivity index (χ0n) is 9.73. The van der Waals surface area contributed by atoms with Crippen molar-refractivity contribution >= 4 is 5.82 Å². The van der Waals surface area contributed by atoms with Crippen LogP contribution in [-0.4, -0.2) is 19.5 Å². The van der Waals surface area contributed by atoms with E-state index in [0.717, 1.165) is 22.9 Å². The van der Waals surface area contributed by atoms with E-state index in [2.05, 4.69) is 15.0 Å². The number of nitrogen functional groups attached to an aromatic ring is 1. The molecule has 2 heterocycles.